The molecule has 0 saturated heterocycles. The first-order chi connectivity index (χ1) is 7.08. The van der Waals surface area contributed by atoms with Crippen molar-refractivity contribution in [3.63, 3.8) is 0 Å². The summed E-state index contributed by atoms with van der Waals surface area (Å²) in [6.45, 7) is 6.17. The molecule has 1 atom stereocenters. The van der Waals surface area contributed by atoms with Gasteiger partial charge in [-0.05, 0) is 12.8 Å². The van der Waals surface area contributed by atoms with Crippen LogP contribution in [0.3, 0.4) is 0 Å². The van der Waals surface area contributed by atoms with E-state index in [1.807, 2.05) is 20.0 Å². The lowest BCUT2D eigenvalue weighted by molar-refractivity contribution is 0.112. The Morgan fingerprint density at radius 2 is 1.93 bits per heavy atom. The van der Waals surface area contributed by atoms with Gasteiger partial charge in [-0.2, -0.15) is 0 Å². The zero-order valence-corrected chi connectivity index (χ0v) is 10.0. The highest BCUT2D eigenvalue weighted by Crippen LogP contribution is 2.19. The number of rotatable bonds is 4. The first kappa shape index (κ1) is 11.9. The summed E-state index contributed by atoms with van der Waals surface area (Å²) in [5, 5.41) is 3.03. The highest BCUT2D eigenvalue weighted by Gasteiger charge is 2.12. The Labute approximate surface area is 91.1 Å². The molecule has 0 aromatic carbocycles. The van der Waals surface area contributed by atoms with E-state index in [0.717, 1.165) is 17.3 Å². The highest BCUT2D eigenvalue weighted by molar-refractivity contribution is 5.36. The molecule has 0 spiro atoms. The molecule has 4 nitrogen and oxygen atoms in total. The van der Waals surface area contributed by atoms with Crippen LogP contribution in [0.25, 0.3) is 0 Å². The molecule has 1 aromatic heterocycles. The number of anilines is 1. The van der Waals surface area contributed by atoms with Crippen molar-refractivity contribution < 1.29 is 4.74 Å². The van der Waals surface area contributed by atoms with Gasteiger partial charge in [0.25, 0.3) is 0 Å². The number of methoxy groups -OCH3 is 1. The second kappa shape index (κ2) is 5.07. The van der Waals surface area contributed by atoms with Crippen LogP contribution in [0.15, 0.2) is 6.07 Å². The lowest BCUT2D eigenvalue weighted by Gasteiger charge is -2.13. The van der Waals surface area contributed by atoms with Crippen molar-refractivity contribution in [1.82, 2.24) is 9.97 Å². The molecule has 0 saturated carbocycles. The fraction of sp³-hybridized carbons (Fsp3) is 0.636. The molecule has 84 valence electrons. The molecule has 1 N–H and O–H groups in total. The molecule has 1 rings (SSSR count). The van der Waals surface area contributed by atoms with Crippen LogP contribution in [0.5, 0.6) is 0 Å². The van der Waals surface area contributed by atoms with Crippen LogP contribution in [-0.4, -0.2) is 24.1 Å². The van der Waals surface area contributed by atoms with Crippen molar-refractivity contribution in [3.05, 3.63) is 17.6 Å². The van der Waals surface area contributed by atoms with E-state index in [4.69, 9.17) is 4.74 Å². The van der Waals surface area contributed by atoms with E-state index >= 15 is 0 Å². The fourth-order valence-electron chi connectivity index (χ4n) is 1.20. The average Bonchev–Trinajstić information content (AvgIpc) is 2.27. The third-order valence-corrected chi connectivity index (χ3v) is 2.33. The molecule has 0 radical (unpaired) electrons. The molecule has 4 heteroatoms. The van der Waals surface area contributed by atoms with Gasteiger partial charge < -0.3 is 10.1 Å². The van der Waals surface area contributed by atoms with Gasteiger partial charge >= 0.3 is 0 Å². The summed E-state index contributed by atoms with van der Waals surface area (Å²) in [5.41, 5.74) is 1.04. The predicted octanol–water partition coefficient (Wildman–Crippen LogP) is 2.35. The largest absolute Gasteiger partial charge is 0.374 e. The molecule has 0 aliphatic carbocycles. The molecular formula is C11H19N3O. The van der Waals surface area contributed by atoms with Crippen LogP contribution >= 0.6 is 0 Å². The molecule has 0 bridgehead atoms. The third kappa shape index (κ3) is 2.89. The number of aromatic nitrogens is 2. The summed E-state index contributed by atoms with van der Waals surface area (Å²) in [7, 11) is 3.52. The van der Waals surface area contributed by atoms with Gasteiger partial charge in [-0.3, -0.25) is 0 Å². The Hall–Kier alpha value is -1.16. The monoisotopic (exact) mass is 209 g/mol. The van der Waals surface area contributed by atoms with E-state index in [2.05, 4.69) is 29.1 Å². The maximum atomic E-state index is 5.22. The Morgan fingerprint density at radius 3 is 2.40 bits per heavy atom. The minimum Gasteiger partial charge on any atom is -0.374 e. The first-order valence-corrected chi connectivity index (χ1v) is 5.18. The van der Waals surface area contributed by atoms with E-state index in [1.54, 1.807) is 7.11 Å². The van der Waals surface area contributed by atoms with Gasteiger partial charge in [0.2, 0.25) is 0 Å². The molecule has 0 fully saturated rings. The van der Waals surface area contributed by atoms with Crippen LogP contribution in [-0.2, 0) is 4.74 Å². The Bertz CT molecular complexity index is 326. The van der Waals surface area contributed by atoms with Crippen molar-refractivity contribution in [2.45, 2.75) is 32.8 Å². The topological polar surface area (TPSA) is 47.0 Å². The summed E-state index contributed by atoms with van der Waals surface area (Å²) in [6, 6.07) is 1.97. The smallest absolute Gasteiger partial charge is 0.159 e. The SMILES string of the molecule is CNc1cc(C(C)C)nc(C(C)OC)n1. The number of hydrogen-bond donors (Lipinski definition) is 1. The highest BCUT2D eigenvalue weighted by atomic mass is 16.5. The lowest BCUT2D eigenvalue weighted by Crippen LogP contribution is -2.08. The first-order valence-electron chi connectivity index (χ1n) is 5.18. The zero-order valence-electron chi connectivity index (χ0n) is 10.0. The molecule has 1 unspecified atom stereocenters. The summed E-state index contributed by atoms with van der Waals surface area (Å²) < 4.78 is 5.22. The quantitative estimate of drug-likeness (QED) is 0.826. The second-order valence-corrected chi connectivity index (χ2v) is 3.82. The van der Waals surface area contributed by atoms with Crippen molar-refractivity contribution in [2.75, 3.05) is 19.5 Å². The van der Waals surface area contributed by atoms with E-state index in [1.165, 1.54) is 0 Å². The van der Waals surface area contributed by atoms with Gasteiger partial charge in [0.15, 0.2) is 5.82 Å². The van der Waals surface area contributed by atoms with Gasteiger partial charge in [-0.25, -0.2) is 9.97 Å². The van der Waals surface area contributed by atoms with Crippen molar-refractivity contribution in [1.29, 1.82) is 0 Å². The summed E-state index contributed by atoms with van der Waals surface area (Å²) in [6.07, 6.45) is -0.0733. The van der Waals surface area contributed by atoms with Gasteiger partial charge in [0, 0.05) is 25.9 Å². The molecule has 0 aliphatic heterocycles. The van der Waals surface area contributed by atoms with Gasteiger partial charge in [0.05, 0.1) is 0 Å². The second-order valence-electron chi connectivity index (χ2n) is 3.82. The molecule has 1 aromatic rings. The summed E-state index contributed by atoms with van der Waals surface area (Å²) in [5.74, 6) is 1.96. The van der Waals surface area contributed by atoms with Crippen LogP contribution in [0, 0.1) is 0 Å². The van der Waals surface area contributed by atoms with Gasteiger partial charge in [-0.15, -0.1) is 0 Å². The normalized spacial score (nSPS) is 12.9. The predicted molar refractivity (Wildman–Crippen MR) is 61.1 cm³/mol. The standard InChI is InChI=1S/C11H19N3O/c1-7(2)9-6-10(12-4)14-11(13-9)8(3)15-5/h6-8H,1-5H3,(H,12,13,14). The minimum absolute atomic E-state index is 0.0733. The maximum Gasteiger partial charge on any atom is 0.159 e. The van der Waals surface area contributed by atoms with Crippen LogP contribution in [0.2, 0.25) is 0 Å². The summed E-state index contributed by atoms with van der Waals surface area (Å²) >= 11 is 0. The molecule has 1 heterocycles. The molecule has 15 heavy (non-hydrogen) atoms. The van der Waals surface area contributed by atoms with E-state index in [9.17, 15) is 0 Å². The number of nitrogens with one attached hydrogen (secondary N) is 1. The van der Waals surface area contributed by atoms with Gasteiger partial charge in [-0.1, -0.05) is 13.8 Å². The van der Waals surface area contributed by atoms with Crippen LogP contribution in [0.4, 0.5) is 5.82 Å². The van der Waals surface area contributed by atoms with E-state index in [-0.39, 0.29) is 6.10 Å². The van der Waals surface area contributed by atoms with E-state index < -0.39 is 0 Å². The maximum absolute atomic E-state index is 5.22. The van der Waals surface area contributed by atoms with Crippen molar-refractivity contribution in [3.8, 4) is 0 Å². The fourth-order valence-corrected chi connectivity index (χ4v) is 1.20. The third-order valence-electron chi connectivity index (χ3n) is 2.33. The number of ether oxygens (including phenoxy) is 1. The lowest BCUT2D eigenvalue weighted by atomic mass is 10.1. The number of nitrogens with zero attached hydrogens (tertiary/aromatic N) is 2. The average molecular weight is 209 g/mol. The molecule has 0 amide bonds. The van der Waals surface area contributed by atoms with E-state index in [0.29, 0.717) is 5.92 Å². The minimum atomic E-state index is -0.0733. The number of hydrogen-bond acceptors (Lipinski definition) is 4. The van der Waals surface area contributed by atoms with Crippen LogP contribution in [0.1, 0.15) is 44.3 Å². The van der Waals surface area contributed by atoms with Crippen molar-refractivity contribution >= 4 is 5.82 Å². The zero-order chi connectivity index (χ0) is 11.4. The van der Waals surface area contributed by atoms with Crippen molar-refractivity contribution in [2.24, 2.45) is 0 Å². The van der Waals surface area contributed by atoms with Crippen LogP contribution < -0.4 is 5.32 Å². The van der Waals surface area contributed by atoms with Gasteiger partial charge in [0.1, 0.15) is 11.9 Å². The Kier molecular flexibility index (Phi) is 4.03. The molecule has 0 aliphatic rings. The Balaban J connectivity index is 3.11. The molecular weight excluding hydrogens is 190 g/mol. The summed E-state index contributed by atoms with van der Waals surface area (Å²) in [4.78, 5) is 8.83. The Morgan fingerprint density at radius 1 is 1.27 bits per heavy atom.